The van der Waals surface area contributed by atoms with Crippen LogP contribution in [0.3, 0.4) is 0 Å². The lowest BCUT2D eigenvalue weighted by molar-refractivity contribution is 0.0951. The van der Waals surface area contributed by atoms with E-state index in [0.29, 0.717) is 22.7 Å². The molecule has 2 aromatic rings. The van der Waals surface area contributed by atoms with E-state index in [4.69, 9.17) is 18.0 Å². The first kappa shape index (κ1) is 15.2. The molecule has 0 bridgehead atoms. The van der Waals surface area contributed by atoms with Gasteiger partial charge in [-0.05, 0) is 29.7 Å². The highest BCUT2D eigenvalue weighted by molar-refractivity contribution is 7.80. The van der Waals surface area contributed by atoms with Crippen LogP contribution in [-0.4, -0.2) is 10.9 Å². The summed E-state index contributed by atoms with van der Waals surface area (Å²) in [4.78, 5) is 12.4. The summed E-state index contributed by atoms with van der Waals surface area (Å²) < 4.78 is 0. The van der Waals surface area contributed by atoms with Gasteiger partial charge in [0.1, 0.15) is 4.99 Å². The Hall–Kier alpha value is -2.20. The Balaban J connectivity index is 2.00. The van der Waals surface area contributed by atoms with E-state index in [9.17, 15) is 4.79 Å². The summed E-state index contributed by atoms with van der Waals surface area (Å²) in [5, 5.41) is 2.90. The zero-order valence-electron chi connectivity index (χ0n) is 11.9. The molecule has 108 valence electrons. The molecule has 3 N–H and O–H groups in total. The van der Waals surface area contributed by atoms with E-state index in [0.717, 1.165) is 12.0 Å². The van der Waals surface area contributed by atoms with Crippen LogP contribution in [0.2, 0.25) is 0 Å². The third kappa shape index (κ3) is 4.13. The molecule has 0 aromatic heterocycles. The summed E-state index contributed by atoms with van der Waals surface area (Å²) in [5.41, 5.74) is 9.20. The van der Waals surface area contributed by atoms with Crippen LogP contribution in [0, 0.1) is 0 Å². The number of rotatable bonds is 5. The molecule has 2 aromatic carbocycles. The minimum Gasteiger partial charge on any atom is -0.389 e. The Kier molecular flexibility index (Phi) is 5.06. The molecule has 0 aliphatic rings. The molecule has 4 heteroatoms. The summed E-state index contributed by atoms with van der Waals surface area (Å²) in [6, 6.07) is 15.2. The first-order valence-electron chi connectivity index (χ1n) is 6.86. The molecule has 0 radical (unpaired) electrons. The molecule has 21 heavy (non-hydrogen) atoms. The van der Waals surface area contributed by atoms with Crippen molar-refractivity contribution in [1.29, 1.82) is 0 Å². The molecular formula is C17H18N2OS. The van der Waals surface area contributed by atoms with Gasteiger partial charge in [-0.15, -0.1) is 0 Å². The zero-order valence-corrected chi connectivity index (χ0v) is 12.7. The Morgan fingerprint density at radius 3 is 2.33 bits per heavy atom. The van der Waals surface area contributed by atoms with E-state index >= 15 is 0 Å². The van der Waals surface area contributed by atoms with Crippen LogP contribution in [0.4, 0.5) is 0 Å². The van der Waals surface area contributed by atoms with Gasteiger partial charge in [-0.25, -0.2) is 0 Å². The number of benzene rings is 2. The minimum absolute atomic E-state index is 0.132. The Bertz CT molecular complexity index is 650. The van der Waals surface area contributed by atoms with E-state index in [1.807, 2.05) is 12.1 Å². The van der Waals surface area contributed by atoms with Crippen LogP contribution >= 0.6 is 12.2 Å². The summed E-state index contributed by atoms with van der Waals surface area (Å²) >= 11 is 4.92. The van der Waals surface area contributed by atoms with Gasteiger partial charge in [-0.1, -0.05) is 55.5 Å². The van der Waals surface area contributed by atoms with Crippen molar-refractivity contribution >= 4 is 23.1 Å². The van der Waals surface area contributed by atoms with Gasteiger partial charge in [0.2, 0.25) is 0 Å². The van der Waals surface area contributed by atoms with E-state index in [1.165, 1.54) is 5.56 Å². The van der Waals surface area contributed by atoms with Crippen molar-refractivity contribution in [3.8, 4) is 0 Å². The molecule has 0 aliphatic heterocycles. The lowest BCUT2D eigenvalue weighted by atomic mass is 10.1. The summed E-state index contributed by atoms with van der Waals surface area (Å²) in [6.45, 7) is 2.62. The van der Waals surface area contributed by atoms with Crippen molar-refractivity contribution in [2.75, 3.05) is 0 Å². The lowest BCUT2D eigenvalue weighted by Crippen LogP contribution is -2.23. The number of carbonyl (C=O) groups is 1. The first-order chi connectivity index (χ1) is 10.1. The van der Waals surface area contributed by atoms with Gasteiger partial charge >= 0.3 is 0 Å². The SMILES string of the molecule is CCc1ccc(CNC(=O)c2cccc(C(N)=S)c2)cc1. The predicted molar refractivity (Wildman–Crippen MR) is 89.3 cm³/mol. The maximum absolute atomic E-state index is 12.1. The van der Waals surface area contributed by atoms with Crippen LogP contribution in [0.15, 0.2) is 48.5 Å². The molecule has 0 heterocycles. The molecule has 0 fully saturated rings. The van der Waals surface area contributed by atoms with Gasteiger partial charge in [0.15, 0.2) is 0 Å². The van der Waals surface area contributed by atoms with Crippen molar-refractivity contribution in [2.45, 2.75) is 19.9 Å². The van der Waals surface area contributed by atoms with E-state index < -0.39 is 0 Å². The average molecular weight is 298 g/mol. The van der Waals surface area contributed by atoms with Gasteiger partial charge in [0, 0.05) is 17.7 Å². The second-order valence-corrected chi connectivity index (χ2v) is 5.24. The normalized spacial score (nSPS) is 10.1. The summed E-state index contributed by atoms with van der Waals surface area (Å²) in [5.74, 6) is -0.132. The quantitative estimate of drug-likeness (QED) is 0.835. The molecule has 0 aliphatic carbocycles. The number of carbonyl (C=O) groups excluding carboxylic acids is 1. The Morgan fingerprint density at radius 1 is 1.10 bits per heavy atom. The van der Waals surface area contributed by atoms with E-state index in [1.54, 1.807) is 24.3 Å². The fraction of sp³-hybridized carbons (Fsp3) is 0.176. The minimum atomic E-state index is -0.132. The number of nitrogens with two attached hydrogens (primary N) is 1. The van der Waals surface area contributed by atoms with Crippen molar-refractivity contribution < 1.29 is 4.79 Å². The average Bonchev–Trinajstić information content (AvgIpc) is 2.53. The third-order valence-corrected chi connectivity index (χ3v) is 3.53. The highest BCUT2D eigenvalue weighted by Crippen LogP contribution is 2.07. The molecule has 0 saturated carbocycles. The predicted octanol–water partition coefficient (Wildman–Crippen LogP) is 2.81. The largest absolute Gasteiger partial charge is 0.389 e. The van der Waals surface area contributed by atoms with Crippen molar-refractivity contribution in [1.82, 2.24) is 5.32 Å². The van der Waals surface area contributed by atoms with Gasteiger partial charge in [0.05, 0.1) is 0 Å². The topological polar surface area (TPSA) is 55.1 Å². The monoisotopic (exact) mass is 298 g/mol. The summed E-state index contributed by atoms with van der Waals surface area (Å²) in [7, 11) is 0. The van der Waals surface area contributed by atoms with Gasteiger partial charge in [0.25, 0.3) is 5.91 Å². The summed E-state index contributed by atoms with van der Waals surface area (Å²) in [6.07, 6.45) is 1.01. The molecule has 0 spiro atoms. The zero-order chi connectivity index (χ0) is 15.2. The lowest BCUT2D eigenvalue weighted by Gasteiger charge is -2.07. The maximum Gasteiger partial charge on any atom is 0.251 e. The number of amides is 1. The smallest absolute Gasteiger partial charge is 0.251 e. The van der Waals surface area contributed by atoms with Crippen molar-refractivity contribution in [3.63, 3.8) is 0 Å². The number of hydrogen-bond donors (Lipinski definition) is 2. The van der Waals surface area contributed by atoms with Crippen LogP contribution in [0.5, 0.6) is 0 Å². The van der Waals surface area contributed by atoms with Gasteiger partial charge in [-0.3, -0.25) is 4.79 Å². The standard InChI is InChI=1S/C17H18N2OS/c1-2-12-6-8-13(9-7-12)11-19-17(20)15-5-3-4-14(10-15)16(18)21/h3-10H,2,11H2,1H3,(H2,18,21)(H,19,20). The Morgan fingerprint density at radius 2 is 1.71 bits per heavy atom. The van der Waals surface area contributed by atoms with E-state index in [2.05, 4.69) is 24.4 Å². The first-order valence-corrected chi connectivity index (χ1v) is 7.27. The molecule has 2 rings (SSSR count). The number of aryl methyl sites for hydroxylation is 1. The number of thiocarbonyl (C=S) groups is 1. The van der Waals surface area contributed by atoms with E-state index in [-0.39, 0.29) is 5.91 Å². The van der Waals surface area contributed by atoms with Crippen LogP contribution < -0.4 is 11.1 Å². The molecule has 0 atom stereocenters. The second-order valence-electron chi connectivity index (χ2n) is 4.80. The van der Waals surface area contributed by atoms with Gasteiger partial charge < -0.3 is 11.1 Å². The molecule has 3 nitrogen and oxygen atoms in total. The highest BCUT2D eigenvalue weighted by atomic mass is 32.1. The van der Waals surface area contributed by atoms with Crippen LogP contribution in [0.25, 0.3) is 0 Å². The highest BCUT2D eigenvalue weighted by Gasteiger charge is 2.07. The second kappa shape index (κ2) is 6.99. The van der Waals surface area contributed by atoms with Crippen molar-refractivity contribution in [2.24, 2.45) is 5.73 Å². The molecule has 0 saturated heterocycles. The maximum atomic E-state index is 12.1. The molecular weight excluding hydrogens is 280 g/mol. The van der Waals surface area contributed by atoms with Crippen molar-refractivity contribution in [3.05, 3.63) is 70.8 Å². The number of nitrogens with one attached hydrogen (secondary N) is 1. The fourth-order valence-corrected chi connectivity index (χ4v) is 2.12. The molecule has 1 amide bonds. The number of hydrogen-bond acceptors (Lipinski definition) is 2. The van der Waals surface area contributed by atoms with Crippen LogP contribution in [-0.2, 0) is 13.0 Å². The van der Waals surface area contributed by atoms with Crippen LogP contribution in [0.1, 0.15) is 34.0 Å². The third-order valence-electron chi connectivity index (χ3n) is 3.29. The van der Waals surface area contributed by atoms with Gasteiger partial charge in [-0.2, -0.15) is 0 Å². The fourth-order valence-electron chi connectivity index (χ4n) is 1.99. The molecule has 0 unspecified atom stereocenters. The Labute approximate surface area is 130 Å².